The predicted octanol–water partition coefficient (Wildman–Crippen LogP) is 1.73. The first-order chi connectivity index (χ1) is 7.25. The molecule has 82 valence electrons. The first-order valence-corrected chi connectivity index (χ1v) is 5.33. The zero-order valence-electron chi connectivity index (χ0n) is 8.66. The molecule has 2 nitrogen and oxygen atoms in total. The molecule has 1 aromatic rings. The van der Waals surface area contributed by atoms with E-state index < -0.39 is 0 Å². The third-order valence-corrected chi connectivity index (χ3v) is 2.92. The smallest absolute Gasteiger partial charge is 0.123 e. The molecule has 0 spiro atoms. The highest BCUT2D eigenvalue weighted by Gasteiger charge is 2.22. The standard InChI is InChI=1S/C12H16FNO/c13-11-3-1-2-9(7-11)6-10-8-15-5-4-12(10)14/h1-3,7,10,12H,4-6,8,14H2. The summed E-state index contributed by atoms with van der Waals surface area (Å²) in [6.45, 7) is 1.44. The van der Waals surface area contributed by atoms with E-state index in [-0.39, 0.29) is 11.9 Å². The number of halogens is 1. The van der Waals surface area contributed by atoms with E-state index >= 15 is 0 Å². The maximum absolute atomic E-state index is 13.0. The Hall–Kier alpha value is -0.930. The lowest BCUT2D eigenvalue weighted by molar-refractivity contribution is 0.0422. The number of hydrogen-bond donors (Lipinski definition) is 1. The largest absolute Gasteiger partial charge is 0.381 e. The van der Waals surface area contributed by atoms with E-state index in [0.29, 0.717) is 12.5 Å². The number of nitrogens with two attached hydrogens (primary N) is 1. The average molecular weight is 209 g/mol. The molecule has 15 heavy (non-hydrogen) atoms. The van der Waals surface area contributed by atoms with Crippen molar-refractivity contribution in [3.63, 3.8) is 0 Å². The molecule has 0 bridgehead atoms. The Kier molecular flexibility index (Phi) is 3.34. The van der Waals surface area contributed by atoms with Crippen molar-refractivity contribution in [3.05, 3.63) is 35.6 Å². The second-order valence-corrected chi connectivity index (χ2v) is 4.12. The number of hydrogen-bond acceptors (Lipinski definition) is 2. The van der Waals surface area contributed by atoms with Crippen LogP contribution in [0.5, 0.6) is 0 Å². The van der Waals surface area contributed by atoms with Gasteiger partial charge < -0.3 is 10.5 Å². The van der Waals surface area contributed by atoms with Crippen molar-refractivity contribution in [1.29, 1.82) is 0 Å². The lowest BCUT2D eigenvalue weighted by Crippen LogP contribution is -2.39. The summed E-state index contributed by atoms with van der Waals surface area (Å²) in [5, 5.41) is 0. The molecule has 3 heteroatoms. The van der Waals surface area contributed by atoms with Crippen LogP contribution < -0.4 is 5.73 Å². The molecule has 0 aromatic heterocycles. The zero-order chi connectivity index (χ0) is 10.7. The second kappa shape index (κ2) is 4.73. The normalized spacial score (nSPS) is 26.5. The summed E-state index contributed by atoms with van der Waals surface area (Å²) in [4.78, 5) is 0. The summed E-state index contributed by atoms with van der Waals surface area (Å²) in [6.07, 6.45) is 1.71. The number of rotatable bonds is 2. The van der Waals surface area contributed by atoms with Crippen LogP contribution in [0.1, 0.15) is 12.0 Å². The number of ether oxygens (including phenoxy) is 1. The van der Waals surface area contributed by atoms with Crippen molar-refractivity contribution in [2.24, 2.45) is 11.7 Å². The third kappa shape index (κ3) is 2.76. The summed E-state index contributed by atoms with van der Waals surface area (Å²) >= 11 is 0. The predicted molar refractivity (Wildman–Crippen MR) is 57.0 cm³/mol. The second-order valence-electron chi connectivity index (χ2n) is 4.12. The highest BCUT2D eigenvalue weighted by Crippen LogP contribution is 2.18. The van der Waals surface area contributed by atoms with Crippen molar-refractivity contribution in [2.45, 2.75) is 18.9 Å². The minimum absolute atomic E-state index is 0.182. The van der Waals surface area contributed by atoms with E-state index in [0.717, 1.165) is 25.0 Å². The Morgan fingerprint density at radius 3 is 3.07 bits per heavy atom. The van der Waals surface area contributed by atoms with Crippen LogP contribution in [0.15, 0.2) is 24.3 Å². The molecule has 1 aliphatic heterocycles. The van der Waals surface area contributed by atoms with Crippen LogP contribution in [0.25, 0.3) is 0 Å². The monoisotopic (exact) mass is 209 g/mol. The lowest BCUT2D eigenvalue weighted by Gasteiger charge is -2.28. The molecule has 2 rings (SSSR count). The number of benzene rings is 1. The van der Waals surface area contributed by atoms with Gasteiger partial charge in [-0.3, -0.25) is 0 Å². The van der Waals surface area contributed by atoms with E-state index in [1.807, 2.05) is 6.07 Å². The van der Waals surface area contributed by atoms with Gasteiger partial charge in [-0.2, -0.15) is 0 Å². The summed E-state index contributed by atoms with van der Waals surface area (Å²) in [7, 11) is 0. The van der Waals surface area contributed by atoms with Gasteiger partial charge in [0.05, 0.1) is 6.61 Å². The van der Waals surface area contributed by atoms with Gasteiger partial charge in [0, 0.05) is 18.6 Å². The molecule has 0 aliphatic carbocycles. The van der Waals surface area contributed by atoms with Gasteiger partial charge in [0.15, 0.2) is 0 Å². The summed E-state index contributed by atoms with van der Waals surface area (Å²) in [5.74, 6) is 0.137. The summed E-state index contributed by atoms with van der Waals surface area (Å²) in [6, 6.07) is 6.88. The van der Waals surface area contributed by atoms with Crippen LogP contribution in [-0.2, 0) is 11.2 Å². The summed E-state index contributed by atoms with van der Waals surface area (Å²) < 4.78 is 18.3. The van der Waals surface area contributed by atoms with Gasteiger partial charge >= 0.3 is 0 Å². The molecule has 1 aromatic carbocycles. The molecule has 0 radical (unpaired) electrons. The fourth-order valence-corrected chi connectivity index (χ4v) is 1.99. The minimum Gasteiger partial charge on any atom is -0.381 e. The quantitative estimate of drug-likeness (QED) is 0.805. The van der Waals surface area contributed by atoms with Gasteiger partial charge in [-0.1, -0.05) is 12.1 Å². The molecular formula is C12H16FNO. The average Bonchev–Trinajstić information content (AvgIpc) is 2.22. The van der Waals surface area contributed by atoms with Gasteiger partial charge in [0.2, 0.25) is 0 Å². The molecule has 0 amide bonds. The third-order valence-electron chi connectivity index (χ3n) is 2.92. The Morgan fingerprint density at radius 2 is 2.33 bits per heavy atom. The van der Waals surface area contributed by atoms with Crippen LogP contribution in [0.4, 0.5) is 4.39 Å². The van der Waals surface area contributed by atoms with E-state index in [4.69, 9.17) is 10.5 Å². The Labute approximate surface area is 89.2 Å². The highest BCUT2D eigenvalue weighted by atomic mass is 19.1. The van der Waals surface area contributed by atoms with E-state index in [1.165, 1.54) is 6.07 Å². The van der Waals surface area contributed by atoms with Crippen molar-refractivity contribution in [2.75, 3.05) is 13.2 Å². The van der Waals surface area contributed by atoms with Gasteiger partial charge in [0.1, 0.15) is 5.82 Å². The van der Waals surface area contributed by atoms with Crippen molar-refractivity contribution in [3.8, 4) is 0 Å². The molecule has 1 aliphatic rings. The van der Waals surface area contributed by atoms with Gasteiger partial charge in [0.25, 0.3) is 0 Å². The molecule has 1 fully saturated rings. The molecule has 2 atom stereocenters. The maximum atomic E-state index is 13.0. The van der Waals surface area contributed by atoms with E-state index in [1.54, 1.807) is 12.1 Å². The topological polar surface area (TPSA) is 35.2 Å². The van der Waals surface area contributed by atoms with Crippen molar-refractivity contribution in [1.82, 2.24) is 0 Å². The molecule has 1 saturated heterocycles. The van der Waals surface area contributed by atoms with Crippen molar-refractivity contribution < 1.29 is 9.13 Å². The first-order valence-electron chi connectivity index (χ1n) is 5.33. The lowest BCUT2D eigenvalue weighted by atomic mass is 9.90. The molecule has 2 N–H and O–H groups in total. The van der Waals surface area contributed by atoms with Crippen molar-refractivity contribution >= 4 is 0 Å². The van der Waals surface area contributed by atoms with Crippen LogP contribution in [0, 0.1) is 11.7 Å². The van der Waals surface area contributed by atoms with E-state index in [9.17, 15) is 4.39 Å². The Bertz CT molecular complexity index is 329. The first kappa shape index (κ1) is 10.6. The van der Waals surface area contributed by atoms with Crippen LogP contribution in [-0.4, -0.2) is 19.3 Å². The SMILES string of the molecule is NC1CCOCC1Cc1cccc(F)c1. The zero-order valence-corrected chi connectivity index (χ0v) is 8.66. The van der Waals surface area contributed by atoms with Crippen LogP contribution in [0.2, 0.25) is 0 Å². The Morgan fingerprint density at radius 1 is 1.47 bits per heavy atom. The van der Waals surface area contributed by atoms with Crippen LogP contribution in [0.3, 0.4) is 0 Å². The van der Waals surface area contributed by atoms with E-state index in [2.05, 4.69) is 0 Å². The van der Waals surface area contributed by atoms with Gasteiger partial charge in [-0.25, -0.2) is 4.39 Å². The molecule has 1 heterocycles. The molecule has 2 unspecified atom stereocenters. The fraction of sp³-hybridized carbons (Fsp3) is 0.500. The van der Waals surface area contributed by atoms with Crippen LogP contribution >= 0.6 is 0 Å². The molecule has 0 saturated carbocycles. The fourth-order valence-electron chi connectivity index (χ4n) is 1.99. The van der Waals surface area contributed by atoms with Gasteiger partial charge in [-0.15, -0.1) is 0 Å². The highest BCUT2D eigenvalue weighted by molar-refractivity contribution is 5.17. The minimum atomic E-state index is -0.183. The van der Waals surface area contributed by atoms with Gasteiger partial charge in [-0.05, 0) is 30.5 Å². The summed E-state index contributed by atoms with van der Waals surface area (Å²) in [5.41, 5.74) is 6.99. The Balaban J connectivity index is 2.01. The molecular weight excluding hydrogens is 193 g/mol. The maximum Gasteiger partial charge on any atom is 0.123 e.